The van der Waals surface area contributed by atoms with Crippen LogP contribution in [0.25, 0.3) is 0 Å². The Balaban J connectivity index is 1.94. The molecule has 0 aromatic carbocycles. The minimum absolute atomic E-state index is 0.116. The second kappa shape index (κ2) is 3.75. The second-order valence-corrected chi connectivity index (χ2v) is 4.42. The molecule has 0 amide bonds. The first-order valence-corrected chi connectivity index (χ1v) is 5.72. The topological polar surface area (TPSA) is 40.5 Å². The molecular formula is C11H9BrN4. The minimum atomic E-state index is 0.116. The molecule has 0 aliphatic carbocycles. The number of pyridine rings is 1. The zero-order chi connectivity index (χ0) is 11.0. The molecule has 4 nitrogen and oxygen atoms in total. The number of hydrazone groups is 1. The lowest BCUT2D eigenvalue weighted by Crippen LogP contribution is -2.36. The van der Waals surface area contributed by atoms with Crippen LogP contribution >= 0.6 is 15.9 Å². The average Bonchev–Trinajstić information content (AvgIpc) is 2.74. The van der Waals surface area contributed by atoms with E-state index in [2.05, 4.69) is 42.4 Å². The zero-order valence-corrected chi connectivity index (χ0v) is 9.92. The number of hydrogen-bond acceptors (Lipinski definition) is 4. The fourth-order valence-electron chi connectivity index (χ4n) is 1.69. The van der Waals surface area contributed by atoms with E-state index in [9.17, 15) is 0 Å². The van der Waals surface area contributed by atoms with Gasteiger partial charge < -0.3 is 4.90 Å². The van der Waals surface area contributed by atoms with E-state index < -0.39 is 0 Å². The normalized spacial score (nSPS) is 21.7. The average molecular weight is 277 g/mol. The van der Waals surface area contributed by atoms with E-state index in [0.29, 0.717) is 0 Å². The van der Waals surface area contributed by atoms with Gasteiger partial charge in [0, 0.05) is 16.9 Å². The summed E-state index contributed by atoms with van der Waals surface area (Å²) in [5, 5.41) is 4.29. The molecule has 1 aromatic heterocycles. The van der Waals surface area contributed by atoms with E-state index in [1.54, 1.807) is 6.20 Å². The molecule has 0 saturated heterocycles. The van der Waals surface area contributed by atoms with Crippen molar-refractivity contribution in [3.05, 3.63) is 52.9 Å². The summed E-state index contributed by atoms with van der Waals surface area (Å²) in [5.74, 6) is 0.845. The highest BCUT2D eigenvalue weighted by molar-refractivity contribution is 9.10. The second-order valence-electron chi connectivity index (χ2n) is 3.50. The molecule has 16 heavy (non-hydrogen) atoms. The van der Waals surface area contributed by atoms with Crippen molar-refractivity contribution < 1.29 is 0 Å². The number of nitrogens with one attached hydrogen (secondary N) is 1. The molecular weight excluding hydrogens is 268 g/mol. The highest BCUT2D eigenvalue weighted by Crippen LogP contribution is 2.17. The molecule has 5 heteroatoms. The Labute approximate surface area is 101 Å². The smallest absolute Gasteiger partial charge is 0.180 e. The van der Waals surface area contributed by atoms with Crippen LogP contribution in [0.4, 0.5) is 0 Å². The van der Waals surface area contributed by atoms with Gasteiger partial charge in [0.2, 0.25) is 0 Å². The van der Waals surface area contributed by atoms with E-state index in [-0.39, 0.29) is 6.17 Å². The molecule has 0 radical (unpaired) electrons. The summed E-state index contributed by atoms with van der Waals surface area (Å²) < 4.78 is 0.966. The van der Waals surface area contributed by atoms with E-state index in [1.807, 2.05) is 30.5 Å². The monoisotopic (exact) mass is 276 g/mol. The van der Waals surface area contributed by atoms with Gasteiger partial charge in [-0.3, -0.25) is 10.4 Å². The number of amidine groups is 1. The number of fused-ring (bicyclic) bond motifs is 1. The molecule has 3 rings (SSSR count). The van der Waals surface area contributed by atoms with Gasteiger partial charge in [0.25, 0.3) is 0 Å². The molecule has 0 spiro atoms. The number of rotatable bonds is 1. The molecule has 2 aliphatic rings. The van der Waals surface area contributed by atoms with Crippen LogP contribution in [0.15, 0.2) is 52.3 Å². The summed E-state index contributed by atoms with van der Waals surface area (Å²) in [6.45, 7) is 0. The summed E-state index contributed by atoms with van der Waals surface area (Å²) >= 11 is 3.37. The van der Waals surface area contributed by atoms with E-state index in [0.717, 1.165) is 16.0 Å². The van der Waals surface area contributed by atoms with Gasteiger partial charge in [0.05, 0.1) is 0 Å². The molecule has 3 heterocycles. The van der Waals surface area contributed by atoms with Gasteiger partial charge in [0.1, 0.15) is 11.9 Å². The molecule has 0 fully saturated rings. The van der Waals surface area contributed by atoms with Crippen molar-refractivity contribution in [2.24, 2.45) is 5.10 Å². The Morgan fingerprint density at radius 1 is 1.31 bits per heavy atom. The SMILES string of the molecule is Brc1ccc(C2=NNC3C=CC=CN23)nc1. The minimum Gasteiger partial charge on any atom is -0.304 e. The predicted octanol–water partition coefficient (Wildman–Crippen LogP) is 1.82. The standard InChI is InChI=1S/C11H9BrN4/c12-8-4-5-9(13-7-8)11-15-14-10-3-1-2-6-16(10)11/h1-7,10,14H. The van der Waals surface area contributed by atoms with Crippen molar-refractivity contribution in [2.45, 2.75) is 6.17 Å². The fourth-order valence-corrected chi connectivity index (χ4v) is 1.92. The number of aromatic nitrogens is 1. The maximum atomic E-state index is 4.33. The number of nitrogens with zero attached hydrogens (tertiary/aromatic N) is 3. The van der Waals surface area contributed by atoms with Crippen LogP contribution in [-0.4, -0.2) is 21.9 Å². The summed E-state index contributed by atoms with van der Waals surface area (Å²) in [6.07, 6.45) is 9.92. The zero-order valence-electron chi connectivity index (χ0n) is 8.34. The fraction of sp³-hybridized carbons (Fsp3) is 0.0909. The number of hydrogen-bond donors (Lipinski definition) is 1. The van der Waals surface area contributed by atoms with Gasteiger partial charge in [-0.1, -0.05) is 6.08 Å². The van der Waals surface area contributed by atoms with Crippen LogP contribution in [-0.2, 0) is 0 Å². The quantitative estimate of drug-likeness (QED) is 0.851. The summed E-state index contributed by atoms with van der Waals surface area (Å²) in [4.78, 5) is 6.39. The van der Waals surface area contributed by atoms with Gasteiger partial charge in [-0.15, -0.1) is 0 Å². The molecule has 1 N–H and O–H groups in total. The lowest BCUT2D eigenvalue weighted by atomic mass is 10.2. The van der Waals surface area contributed by atoms with Crippen molar-refractivity contribution in [3.8, 4) is 0 Å². The lowest BCUT2D eigenvalue weighted by molar-refractivity contribution is 0.444. The van der Waals surface area contributed by atoms with Gasteiger partial charge in [-0.25, -0.2) is 0 Å². The number of allylic oxidation sites excluding steroid dienone is 2. The Morgan fingerprint density at radius 3 is 3.06 bits per heavy atom. The van der Waals surface area contributed by atoms with Crippen LogP contribution < -0.4 is 5.43 Å². The largest absolute Gasteiger partial charge is 0.304 e. The van der Waals surface area contributed by atoms with Crippen molar-refractivity contribution in [3.63, 3.8) is 0 Å². The molecule has 80 valence electrons. The van der Waals surface area contributed by atoms with Crippen LogP contribution in [0.3, 0.4) is 0 Å². The first kappa shape index (κ1) is 9.59. The Kier molecular flexibility index (Phi) is 2.25. The lowest BCUT2D eigenvalue weighted by Gasteiger charge is -2.22. The van der Waals surface area contributed by atoms with Gasteiger partial charge >= 0.3 is 0 Å². The van der Waals surface area contributed by atoms with Crippen LogP contribution in [0.5, 0.6) is 0 Å². The predicted molar refractivity (Wildman–Crippen MR) is 65.5 cm³/mol. The number of halogens is 1. The third-order valence-corrected chi connectivity index (χ3v) is 2.92. The van der Waals surface area contributed by atoms with Crippen molar-refractivity contribution >= 4 is 21.8 Å². The summed E-state index contributed by atoms with van der Waals surface area (Å²) in [5.41, 5.74) is 3.91. The molecule has 1 aromatic rings. The van der Waals surface area contributed by atoms with Crippen molar-refractivity contribution in [1.82, 2.24) is 15.3 Å². The highest BCUT2D eigenvalue weighted by Gasteiger charge is 2.26. The van der Waals surface area contributed by atoms with E-state index in [1.165, 1.54) is 0 Å². The Bertz CT molecular complexity index is 489. The van der Waals surface area contributed by atoms with E-state index in [4.69, 9.17) is 0 Å². The first-order chi connectivity index (χ1) is 7.84. The third-order valence-electron chi connectivity index (χ3n) is 2.45. The van der Waals surface area contributed by atoms with Crippen LogP contribution in [0.1, 0.15) is 5.69 Å². The van der Waals surface area contributed by atoms with Gasteiger partial charge in [-0.2, -0.15) is 5.10 Å². The van der Waals surface area contributed by atoms with Gasteiger partial charge in [-0.05, 0) is 40.2 Å². The molecule has 0 saturated carbocycles. The Morgan fingerprint density at radius 2 is 2.25 bits per heavy atom. The highest BCUT2D eigenvalue weighted by atomic mass is 79.9. The first-order valence-electron chi connectivity index (χ1n) is 4.93. The van der Waals surface area contributed by atoms with Crippen LogP contribution in [0.2, 0.25) is 0 Å². The van der Waals surface area contributed by atoms with Crippen molar-refractivity contribution in [1.29, 1.82) is 0 Å². The molecule has 2 aliphatic heterocycles. The van der Waals surface area contributed by atoms with Gasteiger partial charge in [0.15, 0.2) is 5.84 Å². The third kappa shape index (κ3) is 1.53. The van der Waals surface area contributed by atoms with Crippen molar-refractivity contribution in [2.75, 3.05) is 0 Å². The van der Waals surface area contributed by atoms with E-state index >= 15 is 0 Å². The summed E-state index contributed by atoms with van der Waals surface area (Å²) in [7, 11) is 0. The molecule has 1 unspecified atom stereocenters. The summed E-state index contributed by atoms with van der Waals surface area (Å²) in [6, 6.07) is 3.90. The maximum Gasteiger partial charge on any atom is 0.180 e. The molecule has 0 bridgehead atoms. The van der Waals surface area contributed by atoms with Crippen LogP contribution in [0, 0.1) is 0 Å². The molecule has 1 atom stereocenters. The maximum absolute atomic E-state index is 4.33. The Hall–Kier alpha value is -1.62.